The number of sulfonamides is 1. The van der Waals surface area contributed by atoms with Gasteiger partial charge >= 0.3 is 5.97 Å². The average molecular weight is 401 g/mol. The third-order valence-electron chi connectivity index (χ3n) is 5.63. The first-order valence-electron chi connectivity index (χ1n) is 9.10. The molecule has 0 saturated carbocycles. The van der Waals surface area contributed by atoms with E-state index in [9.17, 15) is 13.6 Å². The number of aromatic nitrogens is 2. The second-order valence-electron chi connectivity index (χ2n) is 7.35. The molecule has 1 aromatic heterocycles. The summed E-state index contributed by atoms with van der Waals surface area (Å²) in [7, 11) is -3.63. The van der Waals surface area contributed by atoms with Gasteiger partial charge in [-0.25, -0.2) is 4.79 Å². The predicted octanol–water partition coefficient (Wildman–Crippen LogP) is 1.16. The molecule has 2 unspecified atom stereocenters. The van der Waals surface area contributed by atoms with E-state index in [2.05, 4.69) is 14.9 Å². The fraction of sp³-hybridized carbons (Fsp3) is 0.368. The molecule has 4 heterocycles. The lowest BCUT2D eigenvalue weighted by molar-refractivity contribution is -0.0881. The van der Waals surface area contributed by atoms with Gasteiger partial charge in [-0.2, -0.15) is 5.10 Å². The maximum Gasteiger partial charge on any atom is 0.356 e. The normalized spacial score (nSPS) is 38.3. The Balaban J connectivity index is 1.52. The monoisotopic (exact) mass is 401 g/mol. The molecule has 2 bridgehead atoms. The molecule has 8 nitrogen and oxygen atoms in total. The average Bonchev–Trinajstić information content (AvgIpc) is 3.41. The van der Waals surface area contributed by atoms with Gasteiger partial charge in [0, 0.05) is 12.6 Å². The number of hydrogen-bond donors (Lipinski definition) is 2. The van der Waals surface area contributed by atoms with Gasteiger partial charge in [-0.15, -0.1) is 4.72 Å². The van der Waals surface area contributed by atoms with Crippen molar-refractivity contribution >= 4 is 16.4 Å². The number of ether oxygens (including phenoxy) is 2. The molecule has 2 fully saturated rings. The molecule has 6 atom stereocenters. The summed E-state index contributed by atoms with van der Waals surface area (Å²) in [6.45, 7) is 0. The Morgan fingerprint density at radius 2 is 2.18 bits per heavy atom. The Hall–Kier alpha value is -2.33. The number of benzene rings is 1. The third-order valence-corrected chi connectivity index (χ3v) is 7.57. The Labute approximate surface area is 162 Å². The Kier molecular flexibility index (Phi) is 4.02. The van der Waals surface area contributed by atoms with Crippen LogP contribution in [-0.4, -0.2) is 49.8 Å². The van der Waals surface area contributed by atoms with Crippen LogP contribution in [0.4, 0.5) is 0 Å². The fourth-order valence-corrected chi connectivity index (χ4v) is 6.42. The summed E-state index contributed by atoms with van der Waals surface area (Å²) in [5, 5.41) is 5.57. The van der Waals surface area contributed by atoms with Gasteiger partial charge in [0.25, 0.3) is 0 Å². The van der Waals surface area contributed by atoms with E-state index >= 15 is 0 Å². The van der Waals surface area contributed by atoms with Crippen LogP contribution in [-0.2, 0) is 30.5 Å². The van der Waals surface area contributed by atoms with Crippen LogP contribution in [0, 0.1) is 0 Å². The summed E-state index contributed by atoms with van der Waals surface area (Å²) < 4.78 is 40.5. The van der Waals surface area contributed by atoms with Crippen LogP contribution >= 0.6 is 0 Å². The van der Waals surface area contributed by atoms with E-state index in [4.69, 9.17) is 9.47 Å². The molecule has 0 radical (unpaired) electrons. The molecule has 0 aliphatic carbocycles. The number of aromatic amines is 1. The zero-order valence-corrected chi connectivity index (χ0v) is 15.6. The second kappa shape index (κ2) is 6.35. The molecule has 1 aromatic carbocycles. The van der Waals surface area contributed by atoms with Crippen molar-refractivity contribution in [1.29, 1.82) is 0 Å². The van der Waals surface area contributed by atoms with Crippen LogP contribution in [0.1, 0.15) is 22.5 Å². The summed E-state index contributed by atoms with van der Waals surface area (Å²) in [6.07, 6.45) is 4.70. The number of carbonyl (C=O) groups excluding carboxylic acids is 1. The van der Waals surface area contributed by atoms with E-state index in [1.807, 2.05) is 36.4 Å². The van der Waals surface area contributed by atoms with Crippen LogP contribution < -0.4 is 4.72 Å². The van der Waals surface area contributed by atoms with Crippen molar-refractivity contribution in [3.05, 3.63) is 66.0 Å². The number of nitrogens with zero attached hydrogens (tertiary/aromatic N) is 1. The molecule has 3 aliphatic heterocycles. The molecule has 0 amide bonds. The number of hydrogen-bond acceptors (Lipinski definition) is 6. The molecule has 9 heteroatoms. The molecular formula is C19H19N3O5S. The summed E-state index contributed by atoms with van der Waals surface area (Å²) in [5.74, 6) is -0.595. The third kappa shape index (κ3) is 2.74. The van der Waals surface area contributed by atoms with Crippen molar-refractivity contribution in [1.82, 2.24) is 14.9 Å². The molecule has 2 saturated heterocycles. The minimum atomic E-state index is -3.63. The van der Waals surface area contributed by atoms with Crippen molar-refractivity contribution in [2.24, 2.45) is 0 Å². The van der Waals surface area contributed by atoms with E-state index < -0.39 is 39.4 Å². The predicted molar refractivity (Wildman–Crippen MR) is 98.8 cm³/mol. The summed E-state index contributed by atoms with van der Waals surface area (Å²) in [6, 6.07) is 10.3. The van der Waals surface area contributed by atoms with Crippen LogP contribution in [0.25, 0.3) is 0 Å². The maximum atomic E-state index is 12.9. The summed E-state index contributed by atoms with van der Waals surface area (Å²) in [5.41, 5.74) is -0.0373. The maximum absolute atomic E-state index is 12.9. The van der Waals surface area contributed by atoms with Gasteiger partial charge in [0.2, 0.25) is 0 Å². The van der Waals surface area contributed by atoms with Gasteiger partial charge in [-0.3, -0.25) is 5.10 Å². The number of rotatable bonds is 4. The zero-order chi connectivity index (χ0) is 19.4. The molecule has 146 valence electrons. The first kappa shape index (κ1) is 17.7. The topological polar surface area (TPSA) is 116 Å². The zero-order valence-electron chi connectivity index (χ0n) is 14.8. The van der Waals surface area contributed by atoms with E-state index in [1.54, 1.807) is 6.08 Å². The highest BCUT2D eigenvalue weighted by Gasteiger charge is 2.69. The number of fused-ring (bicyclic) bond motifs is 1. The van der Waals surface area contributed by atoms with Crippen LogP contribution in [0.3, 0.4) is 0 Å². The number of nitrogens with one attached hydrogen (secondary N) is 2. The van der Waals surface area contributed by atoms with Crippen molar-refractivity contribution in [2.75, 3.05) is 0 Å². The van der Waals surface area contributed by atoms with Crippen LogP contribution in [0.2, 0.25) is 0 Å². The van der Waals surface area contributed by atoms with E-state index in [-0.39, 0.29) is 11.8 Å². The second-order valence-corrected chi connectivity index (χ2v) is 9.24. The summed E-state index contributed by atoms with van der Waals surface area (Å²) in [4.78, 5) is 12.6. The number of carbonyl (C=O) groups is 1. The van der Waals surface area contributed by atoms with E-state index in [1.165, 1.54) is 12.3 Å². The number of esters is 1. The highest BCUT2D eigenvalue weighted by atomic mass is 32.3. The molecule has 1 spiro atoms. The van der Waals surface area contributed by atoms with Gasteiger partial charge in [0.15, 0.2) is 17.0 Å². The van der Waals surface area contributed by atoms with Crippen molar-refractivity contribution in [2.45, 2.75) is 41.9 Å². The molecule has 28 heavy (non-hydrogen) atoms. The first-order chi connectivity index (χ1) is 13.5. The molecule has 2 aromatic rings. The van der Waals surface area contributed by atoms with Gasteiger partial charge in [0.1, 0.15) is 16.1 Å². The van der Waals surface area contributed by atoms with Gasteiger partial charge in [-0.05, 0) is 24.1 Å². The SMILES string of the molecule is O=C(O[C@@H]1[C@H](Cc2ccccc2)N[S+](=O)([O-])[C@H]2CC3C=C[C@]12O3)c1ccn[nH]1. The smallest absolute Gasteiger partial charge is 0.356 e. The lowest BCUT2D eigenvalue weighted by Gasteiger charge is -2.46. The van der Waals surface area contributed by atoms with Gasteiger partial charge in [-0.1, -0.05) is 40.6 Å². The Morgan fingerprint density at radius 1 is 1.36 bits per heavy atom. The Bertz CT molecular complexity index is 963. The van der Waals surface area contributed by atoms with E-state index in [0.717, 1.165) is 5.56 Å². The van der Waals surface area contributed by atoms with Crippen LogP contribution in [0.15, 0.2) is 54.7 Å². The molecule has 5 rings (SSSR count). The lowest BCUT2D eigenvalue weighted by Crippen LogP contribution is -2.70. The molecule has 3 aliphatic rings. The van der Waals surface area contributed by atoms with E-state index in [0.29, 0.717) is 12.8 Å². The van der Waals surface area contributed by atoms with Crippen molar-refractivity contribution in [3.8, 4) is 0 Å². The first-order valence-corrected chi connectivity index (χ1v) is 10.7. The quantitative estimate of drug-likeness (QED) is 0.451. The summed E-state index contributed by atoms with van der Waals surface area (Å²) >= 11 is 0. The molecule has 2 N–H and O–H groups in total. The minimum Gasteiger partial charge on any atom is -0.597 e. The highest BCUT2D eigenvalue weighted by Crippen LogP contribution is 2.50. The van der Waals surface area contributed by atoms with Gasteiger partial charge < -0.3 is 14.0 Å². The molecular weight excluding hydrogens is 382 g/mol. The minimum absolute atomic E-state index is 0.205. The standard InChI is InChI=1S/C19H19N3O5S/c23-18(14-7-9-20-21-14)26-17-15(10-12-4-2-1-3-5-12)22-28(24,25)16-11-13-6-8-19(16,17)27-13/h1-9,13,15-17H,10-11H2,(H2-,20,21,22,23,24,25)/t13?,15-,16-,17+,19+/m0/s1. The highest BCUT2D eigenvalue weighted by molar-refractivity contribution is 7.96. The Morgan fingerprint density at radius 3 is 2.89 bits per heavy atom. The van der Waals surface area contributed by atoms with Crippen molar-refractivity contribution < 1.29 is 23.0 Å². The fourth-order valence-electron chi connectivity index (χ4n) is 4.43. The van der Waals surface area contributed by atoms with Gasteiger partial charge in [0.05, 0.1) is 12.1 Å². The lowest BCUT2D eigenvalue weighted by atomic mass is 9.83. The van der Waals surface area contributed by atoms with Crippen LogP contribution in [0.5, 0.6) is 0 Å². The van der Waals surface area contributed by atoms with Crippen molar-refractivity contribution in [3.63, 3.8) is 0 Å². The largest absolute Gasteiger partial charge is 0.597 e. The number of H-pyrrole nitrogens is 1.